The van der Waals surface area contributed by atoms with Gasteiger partial charge in [-0.1, -0.05) is 49.0 Å². The van der Waals surface area contributed by atoms with E-state index in [1.54, 1.807) is 0 Å². The van der Waals surface area contributed by atoms with Gasteiger partial charge in [0.15, 0.2) is 0 Å². The van der Waals surface area contributed by atoms with Gasteiger partial charge in [-0.05, 0) is 28.8 Å². The van der Waals surface area contributed by atoms with Gasteiger partial charge in [-0.3, -0.25) is 0 Å². The van der Waals surface area contributed by atoms with Crippen molar-refractivity contribution >= 4 is 5.57 Å². The van der Waals surface area contributed by atoms with Gasteiger partial charge in [0.25, 0.3) is 0 Å². The van der Waals surface area contributed by atoms with Gasteiger partial charge in [0.05, 0.1) is 5.56 Å². The number of halogens is 3. The summed E-state index contributed by atoms with van der Waals surface area (Å²) in [5, 5.41) is 0. The minimum Gasteiger partial charge on any atom is -0.166 e. The molecular formula is C15H11F3. The quantitative estimate of drug-likeness (QED) is 0.718. The first-order valence-electron chi connectivity index (χ1n) is 5.40. The van der Waals surface area contributed by atoms with Crippen molar-refractivity contribution in [1.29, 1.82) is 0 Å². The predicted molar refractivity (Wildman–Crippen MR) is 66.0 cm³/mol. The van der Waals surface area contributed by atoms with Crippen molar-refractivity contribution in [2.24, 2.45) is 0 Å². The Balaban J connectivity index is 2.28. The Morgan fingerprint density at radius 1 is 0.778 bits per heavy atom. The van der Waals surface area contributed by atoms with Gasteiger partial charge >= 0.3 is 6.18 Å². The van der Waals surface area contributed by atoms with E-state index < -0.39 is 11.7 Å². The lowest BCUT2D eigenvalue weighted by Crippen LogP contribution is -2.04. The molecule has 2 rings (SSSR count). The van der Waals surface area contributed by atoms with E-state index in [0.717, 1.165) is 17.7 Å². The van der Waals surface area contributed by atoms with Crippen LogP contribution in [0, 0.1) is 0 Å². The first kappa shape index (κ1) is 12.4. The third-order valence-corrected chi connectivity index (χ3v) is 2.68. The van der Waals surface area contributed by atoms with Gasteiger partial charge in [-0.2, -0.15) is 13.2 Å². The molecule has 0 aliphatic heterocycles. The summed E-state index contributed by atoms with van der Waals surface area (Å²) in [6.45, 7) is 3.91. The van der Waals surface area contributed by atoms with E-state index in [9.17, 15) is 13.2 Å². The second-order valence-electron chi connectivity index (χ2n) is 3.92. The Morgan fingerprint density at radius 2 is 1.28 bits per heavy atom. The Bertz CT molecular complexity index is 536. The van der Waals surface area contributed by atoms with E-state index in [1.165, 1.54) is 12.1 Å². The van der Waals surface area contributed by atoms with Crippen LogP contribution >= 0.6 is 0 Å². The molecule has 0 radical (unpaired) electrons. The molecule has 0 aliphatic rings. The summed E-state index contributed by atoms with van der Waals surface area (Å²) in [7, 11) is 0. The van der Waals surface area contributed by atoms with E-state index in [1.807, 2.05) is 30.3 Å². The zero-order valence-corrected chi connectivity index (χ0v) is 9.54. The largest absolute Gasteiger partial charge is 0.416 e. The van der Waals surface area contributed by atoms with Crippen LogP contribution in [0.5, 0.6) is 0 Å². The van der Waals surface area contributed by atoms with Crippen LogP contribution < -0.4 is 0 Å². The Labute approximate surface area is 103 Å². The van der Waals surface area contributed by atoms with Crippen LogP contribution in [0.2, 0.25) is 0 Å². The summed E-state index contributed by atoms with van der Waals surface area (Å²) in [6, 6.07) is 14.4. The van der Waals surface area contributed by atoms with Crippen molar-refractivity contribution in [3.05, 3.63) is 77.9 Å². The van der Waals surface area contributed by atoms with Crippen molar-refractivity contribution in [3.8, 4) is 0 Å². The van der Waals surface area contributed by atoms with E-state index >= 15 is 0 Å². The molecule has 0 nitrogen and oxygen atoms in total. The van der Waals surface area contributed by atoms with Crippen LogP contribution in [0.1, 0.15) is 16.7 Å². The molecule has 0 bridgehead atoms. The van der Waals surface area contributed by atoms with Gasteiger partial charge in [0.1, 0.15) is 0 Å². The molecule has 0 saturated carbocycles. The molecule has 0 aliphatic carbocycles. The Hall–Kier alpha value is -2.03. The van der Waals surface area contributed by atoms with Gasteiger partial charge in [-0.15, -0.1) is 0 Å². The van der Waals surface area contributed by atoms with Crippen LogP contribution in [0.15, 0.2) is 61.2 Å². The summed E-state index contributed by atoms with van der Waals surface area (Å²) in [4.78, 5) is 0. The lowest BCUT2D eigenvalue weighted by Gasteiger charge is -2.09. The molecule has 92 valence electrons. The summed E-state index contributed by atoms with van der Waals surface area (Å²) >= 11 is 0. The molecule has 0 N–H and O–H groups in total. The lowest BCUT2D eigenvalue weighted by atomic mass is 9.99. The molecule has 0 unspecified atom stereocenters. The smallest absolute Gasteiger partial charge is 0.166 e. The monoisotopic (exact) mass is 248 g/mol. The second kappa shape index (κ2) is 4.69. The van der Waals surface area contributed by atoms with Gasteiger partial charge in [0.2, 0.25) is 0 Å². The zero-order valence-electron chi connectivity index (χ0n) is 9.54. The molecule has 18 heavy (non-hydrogen) atoms. The zero-order chi connectivity index (χ0) is 13.2. The molecule has 0 saturated heterocycles. The highest BCUT2D eigenvalue weighted by Gasteiger charge is 2.29. The summed E-state index contributed by atoms with van der Waals surface area (Å²) < 4.78 is 37.3. The maximum atomic E-state index is 12.4. The summed E-state index contributed by atoms with van der Waals surface area (Å²) in [5.41, 5.74) is 1.66. The topological polar surface area (TPSA) is 0 Å². The van der Waals surface area contributed by atoms with Crippen LogP contribution in [0.25, 0.3) is 5.57 Å². The van der Waals surface area contributed by atoms with Crippen molar-refractivity contribution in [2.45, 2.75) is 6.18 Å². The number of hydrogen-bond acceptors (Lipinski definition) is 0. The number of alkyl halides is 3. The van der Waals surface area contributed by atoms with Crippen molar-refractivity contribution < 1.29 is 13.2 Å². The highest BCUT2D eigenvalue weighted by molar-refractivity contribution is 5.77. The maximum Gasteiger partial charge on any atom is 0.416 e. The van der Waals surface area contributed by atoms with E-state index in [4.69, 9.17) is 0 Å². The number of rotatable bonds is 2. The fourth-order valence-corrected chi connectivity index (χ4v) is 1.67. The fourth-order valence-electron chi connectivity index (χ4n) is 1.67. The maximum absolute atomic E-state index is 12.4. The summed E-state index contributed by atoms with van der Waals surface area (Å²) in [5.74, 6) is 0. The van der Waals surface area contributed by atoms with E-state index in [0.29, 0.717) is 11.1 Å². The predicted octanol–water partition coefficient (Wildman–Crippen LogP) is 4.77. The van der Waals surface area contributed by atoms with Gasteiger partial charge in [-0.25, -0.2) is 0 Å². The lowest BCUT2D eigenvalue weighted by molar-refractivity contribution is -0.137. The molecule has 0 heterocycles. The molecule has 2 aromatic carbocycles. The highest BCUT2D eigenvalue weighted by atomic mass is 19.4. The molecule has 3 heteroatoms. The molecule has 0 atom stereocenters. The molecule has 0 fully saturated rings. The van der Waals surface area contributed by atoms with E-state index in [-0.39, 0.29) is 0 Å². The molecule has 0 aromatic heterocycles. The minimum absolute atomic E-state index is 0.646. The molecule has 0 amide bonds. The van der Waals surface area contributed by atoms with Gasteiger partial charge < -0.3 is 0 Å². The van der Waals surface area contributed by atoms with Crippen molar-refractivity contribution in [1.82, 2.24) is 0 Å². The fraction of sp³-hybridized carbons (Fsp3) is 0.0667. The Morgan fingerprint density at radius 3 is 1.78 bits per heavy atom. The molecule has 0 spiro atoms. The first-order valence-corrected chi connectivity index (χ1v) is 5.40. The molecule has 2 aromatic rings. The SMILES string of the molecule is C=C(c1ccccc1)c1ccc(C(F)(F)F)cc1. The molecular weight excluding hydrogens is 237 g/mol. The second-order valence-corrected chi connectivity index (χ2v) is 3.92. The van der Waals surface area contributed by atoms with Crippen LogP contribution in [0.4, 0.5) is 13.2 Å². The van der Waals surface area contributed by atoms with Gasteiger partial charge in [0, 0.05) is 0 Å². The van der Waals surface area contributed by atoms with Crippen molar-refractivity contribution in [3.63, 3.8) is 0 Å². The van der Waals surface area contributed by atoms with Crippen LogP contribution in [0.3, 0.4) is 0 Å². The number of hydrogen-bond donors (Lipinski definition) is 0. The minimum atomic E-state index is -4.30. The van der Waals surface area contributed by atoms with Crippen LogP contribution in [-0.4, -0.2) is 0 Å². The highest BCUT2D eigenvalue weighted by Crippen LogP contribution is 2.30. The standard InChI is InChI=1S/C15H11F3/c1-11(12-5-3-2-4-6-12)13-7-9-14(10-8-13)15(16,17)18/h2-10H,1H2. The first-order chi connectivity index (χ1) is 8.48. The average Bonchev–Trinajstić information content (AvgIpc) is 2.38. The number of benzene rings is 2. The average molecular weight is 248 g/mol. The summed E-state index contributed by atoms with van der Waals surface area (Å²) in [6.07, 6.45) is -4.30. The third kappa shape index (κ3) is 2.62. The van der Waals surface area contributed by atoms with E-state index in [2.05, 4.69) is 6.58 Å². The normalized spacial score (nSPS) is 11.3. The van der Waals surface area contributed by atoms with Crippen LogP contribution in [-0.2, 0) is 6.18 Å². The Kier molecular flexibility index (Phi) is 3.24. The third-order valence-electron chi connectivity index (χ3n) is 2.68. The van der Waals surface area contributed by atoms with Crippen molar-refractivity contribution in [2.75, 3.05) is 0 Å².